The van der Waals surface area contributed by atoms with Crippen LogP contribution in [0.2, 0.25) is 0 Å². The first-order valence-corrected chi connectivity index (χ1v) is 6.37. The first kappa shape index (κ1) is 12.5. The predicted octanol–water partition coefficient (Wildman–Crippen LogP) is 2.31. The van der Waals surface area contributed by atoms with Crippen LogP contribution >= 0.6 is 11.8 Å². The lowest BCUT2D eigenvalue weighted by Gasteiger charge is -2.06. The third kappa shape index (κ3) is 3.25. The number of thioether (sulfide) groups is 1. The average molecular weight is 260 g/mol. The van der Waals surface area contributed by atoms with Gasteiger partial charge in [-0.1, -0.05) is 30.0 Å². The van der Waals surface area contributed by atoms with Crippen molar-refractivity contribution in [2.24, 2.45) is 0 Å². The van der Waals surface area contributed by atoms with E-state index in [0.717, 1.165) is 11.3 Å². The molecule has 2 rings (SSSR count). The molecule has 1 aromatic heterocycles. The first-order valence-electron chi connectivity index (χ1n) is 5.39. The number of hydrogen-bond donors (Lipinski definition) is 1. The fourth-order valence-electron chi connectivity index (χ4n) is 1.37. The predicted molar refractivity (Wildman–Crippen MR) is 68.2 cm³/mol. The summed E-state index contributed by atoms with van der Waals surface area (Å²) in [5.41, 5.74) is 1.08. The molecule has 1 N–H and O–H groups in total. The maximum atomic E-state index is 8.46. The molecule has 0 saturated carbocycles. The van der Waals surface area contributed by atoms with Gasteiger partial charge in [0.05, 0.1) is 11.8 Å². The standard InChI is InChI=1S/C12H12N4OS/c1-9-4-2-3-5-10(9)17-8-11-14-12(16-15-11)18-7-6-13/h2-5H,7-8H2,1H3,(H,14,15,16). The Balaban J connectivity index is 1.93. The molecule has 18 heavy (non-hydrogen) atoms. The van der Waals surface area contributed by atoms with E-state index in [2.05, 4.69) is 15.2 Å². The highest BCUT2D eigenvalue weighted by molar-refractivity contribution is 7.99. The van der Waals surface area contributed by atoms with Gasteiger partial charge in [0, 0.05) is 0 Å². The van der Waals surface area contributed by atoms with E-state index in [1.807, 2.05) is 37.3 Å². The molecule has 0 bridgehead atoms. The maximum absolute atomic E-state index is 8.46. The molecule has 0 spiro atoms. The van der Waals surface area contributed by atoms with E-state index < -0.39 is 0 Å². The minimum absolute atomic E-state index is 0.338. The van der Waals surface area contributed by atoms with Crippen molar-refractivity contribution >= 4 is 11.8 Å². The van der Waals surface area contributed by atoms with Gasteiger partial charge in [-0.3, -0.25) is 5.10 Å². The molecule has 0 saturated heterocycles. The van der Waals surface area contributed by atoms with Crippen molar-refractivity contribution in [2.75, 3.05) is 5.75 Å². The molecule has 1 heterocycles. The van der Waals surface area contributed by atoms with E-state index in [4.69, 9.17) is 10.00 Å². The summed E-state index contributed by atoms with van der Waals surface area (Å²) in [7, 11) is 0. The van der Waals surface area contributed by atoms with Crippen molar-refractivity contribution in [3.05, 3.63) is 35.7 Å². The number of nitrogens with one attached hydrogen (secondary N) is 1. The Morgan fingerprint density at radius 2 is 2.28 bits per heavy atom. The minimum atomic E-state index is 0.338. The molecule has 0 unspecified atom stereocenters. The van der Waals surface area contributed by atoms with E-state index in [9.17, 15) is 0 Å². The van der Waals surface area contributed by atoms with Gasteiger partial charge in [-0.2, -0.15) is 5.26 Å². The fraction of sp³-hybridized carbons (Fsp3) is 0.250. The van der Waals surface area contributed by atoms with Crippen LogP contribution in [0.1, 0.15) is 11.4 Å². The summed E-state index contributed by atoms with van der Waals surface area (Å²) in [4.78, 5) is 4.21. The highest BCUT2D eigenvalue weighted by atomic mass is 32.2. The molecule has 5 nitrogen and oxygen atoms in total. The van der Waals surface area contributed by atoms with Crippen LogP contribution in [0.3, 0.4) is 0 Å². The molecule has 0 fully saturated rings. The van der Waals surface area contributed by atoms with E-state index in [0.29, 0.717) is 23.3 Å². The second kappa shape index (κ2) is 6.07. The number of hydrogen-bond acceptors (Lipinski definition) is 5. The highest BCUT2D eigenvalue weighted by Gasteiger charge is 2.05. The number of aryl methyl sites for hydroxylation is 1. The number of para-hydroxylation sites is 1. The van der Waals surface area contributed by atoms with Gasteiger partial charge in [-0.15, -0.1) is 5.10 Å². The molecule has 92 valence electrons. The smallest absolute Gasteiger partial charge is 0.209 e. The highest BCUT2D eigenvalue weighted by Crippen LogP contribution is 2.17. The molecule has 1 aromatic carbocycles. The van der Waals surface area contributed by atoms with Crippen molar-refractivity contribution in [3.8, 4) is 11.8 Å². The topological polar surface area (TPSA) is 74.6 Å². The van der Waals surface area contributed by atoms with Crippen LogP contribution in [-0.4, -0.2) is 20.9 Å². The van der Waals surface area contributed by atoms with E-state index in [1.165, 1.54) is 11.8 Å². The van der Waals surface area contributed by atoms with Crippen LogP contribution in [0.5, 0.6) is 5.75 Å². The Morgan fingerprint density at radius 3 is 3.06 bits per heavy atom. The Labute approximate surface area is 109 Å². The van der Waals surface area contributed by atoms with Gasteiger partial charge < -0.3 is 4.74 Å². The monoisotopic (exact) mass is 260 g/mol. The molecule has 0 atom stereocenters. The van der Waals surface area contributed by atoms with Gasteiger partial charge in [0.15, 0.2) is 5.82 Å². The average Bonchev–Trinajstić information content (AvgIpc) is 2.83. The zero-order valence-electron chi connectivity index (χ0n) is 9.88. The van der Waals surface area contributed by atoms with Crippen molar-refractivity contribution in [3.63, 3.8) is 0 Å². The number of aromatic amines is 1. The molecular formula is C12H12N4OS. The summed E-state index contributed by atoms with van der Waals surface area (Å²) in [5, 5.41) is 15.8. The summed E-state index contributed by atoms with van der Waals surface area (Å²) in [5.74, 6) is 1.83. The normalized spacial score (nSPS) is 10.0. The van der Waals surface area contributed by atoms with Gasteiger partial charge in [0.1, 0.15) is 12.4 Å². The van der Waals surface area contributed by atoms with Crippen LogP contribution in [0.25, 0.3) is 0 Å². The van der Waals surface area contributed by atoms with Gasteiger partial charge >= 0.3 is 0 Å². The van der Waals surface area contributed by atoms with E-state index in [1.54, 1.807) is 0 Å². The van der Waals surface area contributed by atoms with Crippen LogP contribution in [-0.2, 0) is 6.61 Å². The van der Waals surface area contributed by atoms with E-state index >= 15 is 0 Å². The molecule has 0 aliphatic heterocycles. The lowest BCUT2D eigenvalue weighted by Crippen LogP contribution is -1.98. The van der Waals surface area contributed by atoms with Crippen molar-refractivity contribution in [2.45, 2.75) is 18.7 Å². The summed E-state index contributed by atoms with van der Waals surface area (Å²) < 4.78 is 5.63. The number of nitrogens with zero attached hydrogens (tertiary/aromatic N) is 3. The zero-order chi connectivity index (χ0) is 12.8. The maximum Gasteiger partial charge on any atom is 0.209 e. The minimum Gasteiger partial charge on any atom is -0.485 e. The quantitative estimate of drug-likeness (QED) is 0.835. The Morgan fingerprint density at radius 1 is 1.44 bits per heavy atom. The molecule has 2 aromatic rings. The largest absolute Gasteiger partial charge is 0.485 e. The van der Waals surface area contributed by atoms with Crippen LogP contribution in [0.15, 0.2) is 29.4 Å². The third-order valence-corrected chi connectivity index (χ3v) is 2.95. The molecule has 6 heteroatoms. The molecule has 0 aliphatic rings. The molecule has 0 radical (unpaired) electrons. The molecular weight excluding hydrogens is 248 g/mol. The van der Waals surface area contributed by atoms with Crippen LogP contribution in [0, 0.1) is 18.3 Å². The van der Waals surface area contributed by atoms with Crippen LogP contribution < -0.4 is 4.74 Å². The zero-order valence-corrected chi connectivity index (χ0v) is 10.7. The summed E-state index contributed by atoms with van der Waals surface area (Å²) >= 11 is 1.30. The SMILES string of the molecule is Cc1ccccc1OCc1nc(SCC#N)n[nH]1. The van der Waals surface area contributed by atoms with Gasteiger partial charge in [-0.25, -0.2) is 4.98 Å². The molecule has 0 amide bonds. The summed E-state index contributed by atoms with van der Waals surface area (Å²) in [6, 6.07) is 9.83. The number of ether oxygens (including phenoxy) is 1. The molecule has 0 aliphatic carbocycles. The number of benzene rings is 1. The van der Waals surface area contributed by atoms with Crippen LogP contribution in [0.4, 0.5) is 0 Å². The van der Waals surface area contributed by atoms with Crippen molar-refractivity contribution in [1.29, 1.82) is 5.26 Å². The van der Waals surface area contributed by atoms with Gasteiger partial charge in [-0.05, 0) is 18.6 Å². The van der Waals surface area contributed by atoms with Crippen molar-refractivity contribution < 1.29 is 4.74 Å². The number of H-pyrrole nitrogens is 1. The third-order valence-electron chi connectivity index (χ3n) is 2.24. The lowest BCUT2D eigenvalue weighted by molar-refractivity contribution is 0.294. The Bertz CT molecular complexity index is 561. The summed E-state index contributed by atoms with van der Waals surface area (Å²) in [6.45, 7) is 2.33. The second-order valence-corrected chi connectivity index (χ2v) is 4.51. The van der Waals surface area contributed by atoms with Crippen molar-refractivity contribution in [1.82, 2.24) is 15.2 Å². The number of rotatable bonds is 5. The van der Waals surface area contributed by atoms with E-state index in [-0.39, 0.29) is 0 Å². The Kier molecular flexibility index (Phi) is 4.20. The summed E-state index contributed by atoms with van der Waals surface area (Å²) in [6.07, 6.45) is 0. The number of nitriles is 1. The lowest BCUT2D eigenvalue weighted by atomic mass is 10.2. The first-order chi connectivity index (χ1) is 8.79. The second-order valence-electron chi connectivity index (χ2n) is 3.57. The fourth-order valence-corrected chi connectivity index (χ4v) is 1.85. The van der Waals surface area contributed by atoms with Gasteiger partial charge in [0.2, 0.25) is 5.16 Å². The number of aromatic nitrogens is 3. The van der Waals surface area contributed by atoms with Gasteiger partial charge in [0.25, 0.3) is 0 Å². The Hall–Kier alpha value is -2.00.